The van der Waals surface area contributed by atoms with E-state index in [1.807, 2.05) is 7.05 Å². The van der Waals surface area contributed by atoms with Gasteiger partial charge < -0.3 is 15.5 Å². The molecule has 3 aliphatic rings. The quantitative estimate of drug-likeness (QED) is 0.341. The van der Waals surface area contributed by atoms with Crippen LogP contribution in [0.2, 0.25) is 0 Å². The van der Waals surface area contributed by atoms with Gasteiger partial charge >= 0.3 is 0 Å². The lowest BCUT2D eigenvalue weighted by atomic mass is 10.0. The Kier molecular flexibility index (Phi) is 8.01. The van der Waals surface area contributed by atoms with Crippen molar-refractivity contribution in [2.75, 3.05) is 39.8 Å². The third-order valence-corrected chi connectivity index (χ3v) is 6.33. The molecule has 2 saturated carbocycles. The van der Waals surface area contributed by atoms with Gasteiger partial charge in [0.25, 0.3) is 0 Å². The van der Waals surface area contributed by atoms with Gasteiger partial charge in [0.1, 0.15) is 0 Å². The zero-order chi connectivity index (χ0) is 20.4. The Balaban J connectivity index is 0.00000256. The normalized spacial score (nSPS) is 24.4. The van der Waals surface area contributed by atoms with Crippen LogP contribution in [0.3, 0.4) is 0 Å². The molecule has 7 heteroatoms. The van der Waals surface area contributed by atoms with Crippen LogP contribution in [0.4, 0.5) is 0 Å². The highest BCUT2D eigenvalue weighted by molar-refractivity contribution is 14.0. The van der Waals surface area contributed by atoms with E-state index < -0.39 is 0 Å². The number of hydrogen-bond donors (Lipinski definition) is 2. The third-order valence-electron chi connectivity index (χ3n) is 6.33. The number of hydrogen-bond acceptors (Lipinski definition) is 3. The van der Waals surface area contributed by atoms with Crippen LogP contribution in [-0.4, -0.2) is 73.5 Å². The first-order chi connectivity index (χ1) is 14.0. The van der Waals surface area contributed by atoms with E-state index >= 15 is 0 Å². The molecule has 2 unspecified atom stereocenters. The molecule has 2 N–H and O–H groups in total. The lowest BCUT2D eigenvalue weighted by molar-refractivity contribution is -0.122. The second-order valence-electron chi connectivity index (χ2n) is 9.07. The summed E-state index contributed by atoms with van der Waals surface area (Å²) in [6, 6.07) is 10.0. The molecular weight excluding hydrogens is 489 g/mol. The summed E-state index contributed by atoms with van der Waals surface area (Å²) in [5.41, 5.74) is 2.83. The Morgan fingerprint density at radius 2 is 1.77 bits per heavy atom. The first-order valence-corrected chi connectivity index (χ1v) is 11.1. The molecule has 30 heavy (non-hydrogen) atoms. The topological polar surface area (TPSA) is 60.0 Å². The van der Waals surface area contributed by atoms with E-state index in [-0.39, 0.29) is 29.9 Å². The third kappa shape index (κ3) is 6.09. The summed E-state index contributed by atoms with van der Waals surface area (Å²) in [4.78, 5) is 21.1. The number of guanidine groups is 1. The fraction of sp³-hybridized carbons (Fsp3) is 0.652. The van der Waals surface area contributed by atoms with Gasteiger partial charge in [-0.2, -0.15) is 0 Å². The Hall–Kier alpha value is -1.35. The molecule has 1 aliphatic heterocycles. The van der Waals surface area contributed by atoms with Crippen molar-refractivity contribution in [1.29, 1.82) is 0 Å². The number of carbonyl (C=O) groups is 1. The van der Waals surface area contributed by atoms with Gasteiger partial charge in [0.2, 0.25) is 5.91 Å². The Bertz CT molecular complexity index is 738. The number of piperazine rings is 1. The van der Waals surface area contributed by atoms with Crippen LogP contribution in [0.5, 0.6) is 0 Å². The van der Waals surface area contributed by atoms with Crippen LogP contribution < -0.4 is 10.6 Å². The lowest BCUT2D eigenvalue weighted by Gasteiger charge is -2.36. The van der Waals surface area contributed by atoms with Crippen molar-refractivity contribution >= 4 is 35.8 Å². The van der Waals surface area contributed by atoms with Crippen molar-refractivity contribution in [3.05, 3.63) is 35.4 Å². The molecule has 4 rings (SSSR count). The van der Waals surface area contributed by atoms with E-state index in [0.717, 1.165) is 45.0 Å². The molecular formula is C23H36IN5O. The summed E-state index contributed by atoms with van der Waals surface area (Å²) in [5.74, 6) is 2.33. The molecule has 1 saturated heterocycles. The average Bonchev–Trinajstić information content (AvgIpc) is 3.64. The van der Waals surface area contributed by atoms with Gasteiger partial charge in [-0.1, -0.05) is 38.1 Å². The molecule has 2 atom stereocenters. The van der Waals surface area contributed by atoms with Gasteiger partial charge in [0, 0.05) is 51.2 Å². The lowest BCUT2D eigenvalue weighted by Crippen LogP contribution is -2.54. The van der Waals surface area contributed by atoms with Crippen LogP contribution in [0.15, 0.2) is 29.3 Å². The predicted molar refractivity (Wildman–Crippen MR) is 133 cm³/mol. The van der Waals surface area contributed by atoms with Gasteiger partial charge in [0.15, 0.2) is 5.96 Å². The van der Waals surface area contributed by atoms with E-state index in [9.17, 15) is 4.79 Å². The highest BCUT2D eigenvalue weighted by atomic mass is 127. The first kappa shape index (κ1) is 23.3. The highest BCUT2D eigenvalue weighted by Crippen LogP contribution is 2.41. The van der Waals surface area contributed by atoms with Crippen molar-refractivity contribution in [1.82, 2.24) is 20.4 Å². The fourth-order valence-corrected chi connectivity index (χ4v) is 4.14. The molecule has 1 aromatic rings. The highest BCUT2D eigenvalue weighted by Gasteiger charge is 2.39. The predicted octanol–water partition coefficient (Wildman–Crippen LogP) is 2.76. The van der Waals surface area contributed by atoms with Crippen molar-refractivity contribution in [2.24, 2.45) is 4.99 Å². The minimum absolute atomic E-state index is 0. The van der Waals surface area contributed by atoms with Crippen molar-refractivity contribution < 1.29 is 4.79 Å². The van der Waals surface area contributed by atoms with E-state index in [0.29, 0.717) is 30.5 Å². The monoisotopic (exact) mass is 525 g/mol. The van der Waals surface area contributed by atoms with E-state index in [1.54, 1.807) is 0 Å². The Morgan fingerprint density at radius 1 is 1.10 bits per heavy atom. The number of nitrogens with one attached hydrogen (secondary N) is 2. The van der Waals surface area contributed by atoms with Crippen molar-refractivity contribution in [2.45, 2.75) is 57.0 Å². The molecule has 6 nitrogen and oxygen atoms in total. The number of aliphatic imine (C=N–C) groups is 1. The minimum atomic E-state index is 0. The zero-order valence-electron chi connectivity index (χ0n) is 18.4. The van der Waals surface area contributed by atoms with Crippen LogP contribution >= 0.6 is 24.0 Å². The summed E-state index contributed by atoms with van der Waals surface area (Å²) in [5, 5.41) is 6.74. The largest absolute Gasteiger partial charge is 0.353 e. The number of amides is 1. The van der Waals surface area contributed by atoms with Crippen LogP contribution in [0, 0.1) is 0 Å². The smallest absolute Gasteiger partial charge is 0.234 e. The Morgan fingerprint density at radius 3 is 2.33 bits per heavy atom. The molecule has 3 fully saturated rings. The second kappa shape index (κ2) is 10.3. The molecule has 0 bridgehead atoms. The summed E-state index contributed by atoms with van der Waals surface area (Å²) in [6.45, 7) is 8.63. The zero-order valence-corrected chi connectivity index (χ0v) is 20.8. The number of rotatable bonds is 6. The maximum absolute atomic E-state index is 12.0. The molecule has 2 aliphatic carbocycles. The van der Waals surface area contributed by atoms with E-state index in [2.05, 4.69) is 63.5 Å². The average molecular weight is 525 g/mol. The molecule has 0 spiro atoms. The van der Waals surface area contributed by atoms with Crippen LogP contribution in [-0.2, 0) is 4.79 Å². The number of nitrogens with zero attached hydrogens (tertiary/aromatic N) is 3. The van der Waals surface area contributed by atoms with E-state index in [1.165, 1.54) is 17.5 Å². The standard InChI is InChI=1S/C23H35N5O.HI/c1-16(2)17-4-6-18(7-5-17)20-14-21(20)26-23(24-3)28-12-10-27(11-13-28)15-22(29)25-19-8-9-19;/h4-7,16,19-21H,8-15H2,1-3H3,(H,24,26)(H,25,29);1H. The number of carbonyl (C=O) groups excluding carboxylic acids is 1. The Labute approximate surface area is 197 Å². The van der Waals surface area contributed by atoms with Gasteiger partial charge in [-0.3, -0.25) is 14.7 Å². The fourth-order valence-electron chi connectivity index (χ4n) is 4.14. The molecule has 0 aromatic heterocycles. The van der Waals surface area contributed by atoms with Gasteiger partial charge in [-0.05, 0) is 36.3 Å². The summed E-state index contributed by atoms with van der Waals surface area (Å²) in [6.07, 6.45) is 3.46. The molecule has 0 radical (unpaired) electrons. The molecule has 1 amide bonds. The first-order valence-electron chi connectivity index (χ1n) is 11.1. The van der Waals surface area contributed by atoms with Crippen LogP contribution in [0.25, 0.3) is 0 Å². The van der Waals surface area contributed by atoms with Gasteiger partial charge in [0.05, 0.1) is 6.54 Å². The minimum Gasteiger partial charge on any atom is -0.353 e. The van der Waals surface area contributed by atoms with Crippen molar-refractivity contribution in [3.8, 4) is 0 Å². The maximum Gasteiger partial charge on any atom is 0.234 e. The number of benzene rings is 1. The summed E-state index contributed by atoms with van der Waals surface area (Å²) >= 11 is 0. The maximum atomic E-state index is 12.0. The molecule has 1 aromatic carbocycles. The second-order valence-corrected chi connectivity index (χ2v) is 9.07. The number of halogens is 1. The molecule has 166 valence electrons. The van der Waals surface area contributed by atoms with Gasteiger partial charge in [-0.25, -0.2) is 0 Å². The SMILES string of the molecule is CN=C(NC1CC1c1ccc(C(C)C)cc1)N1CCN(CC(=O)NC2CC2)CC1.I. The summed E-state index contributed by atoms with van der Waals surface area (Å²) in [7, 11) is 1.87. The van der Waals surface area contributed by atoms with Gasteiger partial charge in [-0.15, -0.1) is 24.0 Å². The van der Waals surface area contributed by atoms with Crippen molar-refractivity contribution in [3.63, 3.8) is 0 Å². The van der Waals surface area contributed by atoms with Crippen LogP contribution in [0.1, 0.15) is 56.1 Å². The molecule has 1 heterocycles. The summed E-state index contributed by atoms with van der Waals surface area (Å²) < 4.78 is 0. The van der Waals surface area contributed by atoms with E-state index in [4.69, 9.17) is 0 Å².